The SMILES string of the molecule is CCN(CCN=C(N)NC(C)C)C1CC1. The van der Waals surface area contributed by atoms with E-state index in [-0.39, 0.29) is 0 Å². The topological polar surface area (TPSA) is 53.6 Å². The third kappa shape index (κ3) is 5.02. The zero-order valence-corrected chi connectivity index (χ0v) is 10.2. The summed E-state index contributed by atoms with van der Waals surface area (Å²) in [7, 11) is 0. The van der Waals surface area contributed by atoms with Gasteiger partial charge in [-0.15, -0.1) is 0 Å². The maximum atomic E-state index is 5.71. The quantitative estimate of drug-likeness (QED) is 0.505. The molecule has 1 saturated carbocycles. The average Bonchev–Trinajstić information content (AvgIpc) is 2.94. The van der Waals surface area contributed by atoms with Crippen LogP contribution in [0.1, 0.15) is 33.6 Å². The van der Waals surface area contributed by atoms with Crippen molar-refractivity contribution in [3.8, 4) is 0 Å². The molecule has 1 rings (SSSR count). The Bertz CT molecular complexity index is 209. The molecule has 0 aromatic heterocycles. The van der Waals surface area contributed by atoms with E-state index in [1.165, 1.54) is 12.8 Å². The predicted octanol–water partition coefficient (Wildman–Crippen LogP) is 0.783. The molecule has 4 nitrogen and oxygen atoms in total. The lowest BCUT2D eigenvalue weighted by Crippen LogP contribution is -2.37. The first-order chi connectivity index (χ1) is 7.13. The van der Waals surface area contributed by atoms with Crippen LogP contribution in [-0.4, -0.2) is 42.6 Å². The van der Waals surface area contributed by atoms with Crippen LogP contribution in [0.25, 0.3) is 0 Å². The number of likely N-dealkylation sites (N-methyl/N-ethyl adjacent to an activating group) is 1. The summed E-state index contributed by atoms with van der Waals surface area (Å²) < 4.78 is 0. The van der Waals surface area contributed by atoms with E-state index >= 15 is 0 Å². The molecule has 0 aromatic rings. The molecule has 1 fully saturated rings. The molecule has 0 aromatic carbocycles. The largest absolute Gasteiger partial charge is 0.370 e. The highest BCUT2D eigenvalue weighted by molar-refractivity contribution is 5.78. The summed E-state index contributed by atoms with van der Waals surface area (Å²) in [6.07, 6.45) is 2.72. The van der Waals surface area contributed by atoms with Crippen LogP contribution in [0.5, 0.6) is 0 Å². The maximum Gasteiger partial charge on any atom is 0.188 e. The standard InChI is InChI=1S/C11H24N4/c1-4-15(10-5-6-10)8-7-13-11(12)14-9(2)3/h9-10H,4-8H2,1-3H3,(H3,12,13,14). The van der Waals surface area contributed by atoms with Gasteiger partial charge in [-0.1, -0.05) is 6.92 Å². The van der Waals surface area contributed by atoms with Crippen molar-refractivity contribution in [2.24, 2.45) is 10.7 Å². The Labute approximate surface area is 92.9 Å². The van der Waals surface area contributed by atoms with Gasteiger partial charge in [0.05, 0.1) is 6.54 Å². The van der Waals surface area contributed by atoms with Crippen molar-refractivity contribution in [1.29, 1.82) is 0 Å². The fraction of sp³-hybridized carbons (Fsp3) is 0.909. The number of nitrogens with two attached hydrogens (primary N) is 1. The van der Waals surface area contributed by atoms with Crippen LogP contribution in [0.3, 0.4) is 0 Å². The van der Waals surface area contributed by atoms with Gasteiger partial charge in [0.2, 0.25) is 0 Å². The van der Waals surface area contributed by atoms with Gasteiger partial charge in [-0.3, -0.25) is 9.89 Å². The van der Waals surface area contributed by atoms with E-state index in [0.717, 1.165) is 25.7 Å². The summed E-state index contributed by atoms with van der Waals surface area (Å²) in [5, 5.41) is 3.09. The molecule has 0 heterocycles. The Hall–Kier alpha value is -0.770. The summed E-state index contributed by atoms with van der Waals surface area (Å²) in [5.41, 5.74) is 5.71. The summed E-state index contributed by atoms with van der Waals surface area (Å²) >= 11 is 0. The van der Waals surface area contributed by atoms with Gasteiger partial charge in [-0.05, 0) is 33.2 Å². The molecular weight excluding hydrogens is 188 g/mol. The van der Waals surface area contributed by atoms with E-state index in [2.05, 4.69) is 36.0 Å². The van der Waals surface area contributed by atoms with Crippen LogP contribution in [0.15, 0.2) is 4.99 Å². The van der Waals surface area contributed by atoms with Crippen molar-refractivity contribution < 1.29 is 0 Å². The minimum Gasteiger partial charge on any atom is -0.370 e. The van der Waals surface area contributed by atoms with Crippen LogP contribution in [0.4, 0.5) is 0 Å². The van der Waals surface area contributed by atoms with Crippen molar-refractivity contribution in [2.45, 2.75) is 45.7 Å². The zero-order valence-electron chi connectivity index (χ0n) is 10.2. The molecule has 4 heteroatoms. The average molecular weight is 212 g/mol. The second kappa shape index (κ2) is 5.95. The molecule has 0 bridgehead atoms. The van der Waals surface area contributed by atoms with Crippen LogP contribution < -0.4 is 11.1 Å². The molecule has 0 unspecified atom stereocenters. The predicted molar refractivity (Wildman–Crippen MR) is 65.0 cm³/mol. The first-order valence-corrected chi connectivity index (χ1v) is 5.94. The van der Waals surface area contributed by atoms with E-state index in [1.807, 2.05) is 0 Å². The molecule has 15 heavy (non-hydrogen) atoms. The molecule has 1 aliphatic rings. The highest BCUT2D eigenvalue weighted by Crippen LogP contribution is 2.25. The van der Waals surface area contributed by atoms with Gasteiger partial charge in [-0.25, -0.2) is 0 Å². The molecular formula is C11H24N4. The second-order valence-corrected chi connectivity index (χ2v) is 4.43. The maximum absolute atomic E-state index is 5.71. The van der Waals surface area contributed by atoms with Gasteiger partial charge < -0.3 is 11.1 Å². The molecule has 0 atom stereocenters. The van der Waals surface area contributed by atoms with Gasteiger partial charge in [-0.2, -0.15) is 0 Å². The Morgan fingerprint density at radius 3 is 2.67 bits per heavy atom. The zero-order chi connectivity index (χ0) is 11.3. The number of rotatable bonds is 6. The highest BCUT2D eigenvalue weighted by Gasteiger charge is 2.26. The van der Waals surface area contributed by atoms with Gasteiger partial charge >= 0.3 is 0 Å². The smallest absolute Gasteiger partial charge is 0.188 e. The van der Waals surface area contributed by atoms with Gasteiger partial charge in [0.25, 0.3) is 0 Å². The van der Waals surface area contributed by atoms with E-state index in [4.69, 9.17) is 5.73 Å². The summed E-state index contributed by atoms with van der Waals surface area (Å²) in [5.74, 6) is 0.567. The molecule has 0 spiro atoms. The van der Waals surface area contributed by atoms with Crippen molar-refractivity contribution in [3.63, 3.8) is 0 Å². The van der Waals surface area contributed by atoms with Crippen molar-refractivity contribution in [1.82, 2.24) is 10.2 Å². The molecule has 3 N–H and O–H groups in total. The lowest BCUT2D eigenvalue weighted by molar-refractivity contribution is 0.286. The fourth-order valence-corrected chi connectivity index (χ4v) is 1.68. The second-order valence-electron chi connectivity index (χ2n) is 4.43. The van der Waals surface area contributed by atoms with Gasteiger partial charge in [0.1, 0.15) is 0 Å². The minimum atomic E-state index is 0.361. The van der Waals surface area contributed by atoms with Gasteiger partial charge in [0.15, 0.2) is 5.96 Å². The number of hydrogen-bond donors (Lipinski definition) is 2. The number of guanidine groups is 1. The normalized spacial score (nSPS) is 17.5. The summed E-state index contributed by atoms with van der Waals surface area (Å²) in [4.78, 5) is 6.78. The molecule has 0 saturated heterocycles. The molecule has 1 aliphatic carbocycles. The Morgan fingerprint density at radius 2 is 2.20 bits per heavy atom. The summed E-state index contributed by atoms with van der Waals surface area (Å²) in [6, 6.07) is 1.18. The first kappa shape index (κ1) is 12.3. The Morgan fingerprint density at radius 1 is 1.53 bits per heavy atom. The minimum absolute atomic E-state index is 0.361. The summed E-state index contributed by atoms with van der Waals surface area (Å²) in [6.45, 7) is 9.28. The lowest BCUT2D eigenvalue weighted by atomic mass is 10.4. The number of nitrogens with zero attached hydrogens (tertiary/aromatic N) is 2. The monoisotopic (exact) mass is 212 g/mol. The Balaban J connectivity index is 2.17. The highest BCUT2D eigenvalue weighted by atomic mass is 15.2. The van der Waals surface area contributed by atoms with Crippen LogP contribution in [-0.2, 0) is 0 Å². The first-order valence-electron chi connectivity index (χ1n) is 5.94. The third-order valence-electron chi connectivity index (χ3n) is 2.58. The Kier molecular flexibility index (Phi) is 4.88. The number of nitrogens with one attached hydrogen (secondary N) is 1. The van der Waals surface area contributed by atoms with E-state index < -0.39 is 0 Å². The van der Waals surface area contributed by atoms with Crippen molar-refractivity contribution in [2.75, 3.05) is 19.6 Å². The van der Waals surface area contributed by atoms with Crippen LogP contribution >= 0.6 is 0 Å². The van der Waals surface area contributed by atoms with Crippen LogP contribution in [0, 0.1) is 0 Å². The van der Waals surface area contributed by atoms with Gasteiger partial charge in [0, 0.05) is 18.6 Å². The van der Waals surface area contributed by atoms with Crippen molar-refractivity contribution >= 4 is 5.96 Å². The third-order valence-corrected chi connectivity index (χ3v) is 2.58. The van der Waals surface area contributed by atoms with E-state index in [0.29, 0.717) is 12.0 Å². The van der Waals surface area contributed by atoms with Crippen molar-refractivity contribution in [3.05, 3.63) is 0 Å². The molecule has 0 radical (unpaired) electrons. The van der Waals surface area contributed by atoms with Crippen LogP contribution in [0.2, 0.25) is 0 Å². The van der Waals surface area contributed by atoms with E-state index in [9.17, 15) is 0 Å². The molecule has 0 aliphatic heterocycles. The number of hydrogen-bond acceptors (Lipinski definition) is 2. The molecule has 88 valence electrons. The van der Waals surface area contributed by atoms with E-state index in [1.54, 1.807) is 0 Å². The fourth-order valence-electron chi connectivity index (χ4n) is 1.68. The number of aliphatic imine (C=N–C) groups is 1. The molecule has 0 amide bonds. The lowest BCUT2D eigenvalue weighted by Gasteiger charge is -2.18.